The number of aromatic hydroxyl groups is 1. The fourth-order valence-electron chi connectivity index (χ4n) is 3.56. The zero-order valence-corrected chi connectivity index (χ0v) is 21.7. The van der Waals surface area contributed by atoms with Crippen LogP contribution < -0.4 is 25.8 Å². The molecule has 1 heterocycles. The number of phenolic OH excluding ortho intramolecular Hbond substituents is 1. The molecule has 0 saturated heterocycles. The predicted octanol–water partition coefficient (Wildman–Crippen LogP) is 1.47. The summed E-state index contributed by atoms with van der Waals surface area (Å²) in [6.45, 7) is 1.47. The Morgan fingerprint density at radius 1 is 1.11 bits per heavy atom. The van der Waals surface area contributed by atoms with Crippen molar-refractivity contribution >= 4 is 39.6 Å². The van der Waals surface area contributed by atoms with E-state index < -0.39 is 34.2 Å². The van der Waals surface area contributed by atoms with E-state index in [1.54, 1.807) is 56.4 Å². The molecule has 0 bridgehead atoms. The van der Waals surface area contributed by atoms with Gasteiger partial charge in [0.2, 0.25) is 5.91 Å². The van der Waals surface area contributed by atoms with Gasteiger partial charge in [-0.2, -0.15) is 13.5 Å². The molecule has 0 spiro atoms. The molecule has 2 aromatic carbocycles. The summed E-state index contributed by atoms with van der Waals surface area (Å²) < 4.78 is 26.6. The minimum absolute atomic E-state index is 0.0508. The Morgan fingerprint density at radius 2 is 1.76 bits per heavy atom. The first kappa shape index (κ1) is 27.9. The zero-order valence-electron chi connectivity index (χ0n) is 20.1. The van der Waals surface area contributed by atoms with Crippen molar-refractivity contribution in [2.75, 3.05) is 11.9 Å². The average molecular weight is 550 g/mol. The quantitative estimate of drug-likeness (QED) is 0.223. The number of nitrogens with zero attached hydrogens (tertiary/aromatic N) is 2. The second kappa shape index (κ2) is 12.1. The van der Waals surface area contributed by atoms with Crippen molar-refractivity contribution in [1.29, 1.82) is 0 Å². The smallest absolute Gasteiger partial charge is 0.321 e. The van der Waals surface area contributed by atoms with Crippen LogP contribution in [0.1, 0.15) is 22.9 Å². The number of phenols is 1. The highest BCUT2D eigenvalue weighted by atomic mass is 35.5. The van der Waals surface area contributed by atoms with Gasteiger partial charge in [0, 0.05) is 20.0 Å². The number of carbonyl (C=O) groups excluding carboxylic acids is 2. The van der Waals surface area contributed by atoms with E-state index in [9.17, 15) is 23.1 Å². The number of amides is 3. The number of hydrogen-bond acceptors (Lipinski definition) is 6. The van der Waals surface area contributed by atoms with Crippen molar-refractivity contribution < 1.29 is 23.1 Å². The molecule has 2 atom stereocenters. The lowest BCUT2D eigenvalue weighted by atomic mass is 10.0. The van der Waals surface area contributed by atoms with Gasteiger partial charge in [0.05, 0.1) is 11.7 Å². The van der Waals surface area contributed by atoms with E-state index >= 15 is 0 Å². The summed E-state index contributed by atoms with van der Waals surface area (Å²) in [5.41, 5.74) is 1.80. The van der Waals surface area contributed by atoms with Crippen LogP contribution in [0.25, 0.3) is 0 Å². The Labute approximate surface area is 219 Å². The van der Waals surface area contributed by atoms with Gasteiger partial charge in [-0.25, -0.2) is 14.7 Å². The van der Waals surface area contributed by atoms with Crippen LogP contribution in [-0.2, 0) is 28.5 Å². The van der Waals surface area contributed by atoms with Gasteiger partial charge in [-0.05, 0) is 30.2 Å². The van der Waals surface area contributed by atoms with E-state index in [0.717, 1.165) is 0 Å². The number of aryl methyl sites for hydroxylation is 2. The van der Waals surface area contributed by atoms with Crippen molar-refractivity contribution in [1.82, 2.24) is 25.1 Å². The third-order valence-corrected chi connectivity index (χ3v) is 6.41. The Bertz CT molecular complexity index is 1350. The Hall–Kier alpha value is -3.65. The number of hydrogen-bond donors (Lipinski definition) is 6. The molecule has 2 unspecified atom stereocenters. The van der Waals surface area contributed by atoms with Crippen LogP contribution in [-0.4, -0.2) is 47.8 Å². The molecule has 1 aromatic heterocycles. The molecule has 0 saturated carbocycles. The summed E-state index contributed by atoms with van der Waals surface area (Å²) in [4.78, 5) is 26.2. The van der Waals surface area contributed by atoms with E-state index in [1.807, 2.05) is 0 Å². The van der Waals surface area contributed by atoms with Crippen LogP contribution in [0.5, 0.6) is 5.75 Å². The molecule has 14 heteroatoms. The van der Waals surface area contributed by atoms with E-state index in [4.69, 9.17) is 16.7 Å². The molecule has 0 aliphatic rings. The van der Waals surface area contributed by atoms with Crippen molar-refractivity contribution in [3.05, 3.63) is 76.4 Å². The predicted molar refractivity (Wildman–Crippen MR) is 139 cm³/mol. The maximum atomic E-state index is 13.4. The zero-order chi connectivity index (χ0) is 27.2. The fourth-order valence-corrected chi connectivity index (χ4v) is 4.16. The van der Waals surface area contributed by atoms with Crippen LogP contribution in [0.3, 0.4) is 0 Å². The van der Waals surface area contributed by atoms with Gasteiger partial charge in [-0.15, -0.1) is 0 Å². The highest BCUT2D eigenvalue weighted by Gasteiger charge is 2.26. The number of nitrogens with one attached hydrogen (secondary N) is 4. The van der Waals surface area contributed by atoms with E-state index in [2.05, 4.69) is 25.8 Å². The van der Waals surface area contributed by atoms with Crippen molar-refractivity contribution in [2.24, 2.45) is 12.2 Å². The summed E-state index contributed by atoms with van der Waals surface area (Å²) in [6.07, 6.45) is 0.0712. The monoisotopic (exact) mass is 549 g/mol. The summed E-state index contributed by atoms with van der Waals surface area (Å²) in [6, 6.07) is 12.3. The molecule has 37 heavy (non-hydrogen) atoms. The van der Waals surface area contributed by atoms with Crippen molar-refractivity contribution in [3.8, 4) is 5.75 Å². The minimum atomic E-state index is -4.02. The SMILES string of the molecule is Cc1nn(C)c(NC(=O)NC(Cc2ccc(O)cc2)C(=O)NC(CNS(N)(=O)=O)c2ccccc2)c1Cl. The highest BCUT2D eigenvalue weighted by molar-refractivity contribution is 7.87. The molecular formula is C23H28ClN7O5S. The average Bonchev–Trinajstić information content (AvgIpc) is 3.08. The third-order valence-electron chi connectivity index (χ3n) is 5.39. The molecule has 0 radical (unpaired) electrons. The molecule has 0 aliphatic carbocycles. The van der Waals surface area contributed by atoms with Gasteiger partial charge >= 0.3 is 6.03 Å². The maximum absolute atomic E-state index is 13.4. The lowest BCUT2D eigenvalue weighted by molar-refractivity contribution is -0.123. The number of rotatable bonds is 10. The Morgan fingerprint density at radius 3 is 2.32 bits per heavy atom. The highest BCUT2D eigenvalue weighted by Crippen LogP contribution is 2.24. The van der Waals surface area contributed by atoms with Crippen LogP contribution in [0.4, 0.5) is 10.6 Å². The Balaban J connectivity index is 1.83. The summed E-state index contributed by atoms with van der Waals surface area (Å²) in [5, 5.41) is 27.1. The standard InChI is InChI=1S/C23H28ClN7O5S/c1-14-20(24)21(31(2)30-14)29-23(34)28-18(12-15-8-10-17(32)11-9-15)22(33)27-19(13-26-37(25,35)36)16-6-4-3-5-7-16/h3-11,18-19,26,32H,12-13H2,1-2H3,(H,27,33)(H2,25,35,36)(H2,28,29,34). The van der Waals surface area contributed by atoms with Gasteiger partial charge in [-0.3, -0.25) is 14.8 Å². The molecule has 3 amide bonds. The molecule has 198 valence electrons. The largest absolute Gasteiger partial charge is 0.508 e. The van der Waals surface area contributed by atoms with Gasteiger partial charge in [0.15, 0.2) is 5.82 Å². The second-order valence-electron chi connectivity index (χ2n) is 8.26. The fraction of sp³-hybridized carbons (Fsp3) is 0.261. The molecular weight excluding hydrogens is 522 g/mol. The maximum Gasteiger partial charge on any atom is 0.321 e. The topological polar surface area (TPSA) is 180 Å². The van der Waals surface area contributed by atoms with Crippen LogP contribution >= 0.6 is 11.6 Å². The molecule has 3 rings (SSSR count). The first-order valence-corrected chi connectivity index (χ1v) is 13.0. The number of halogens is 1. The third kappa shape index (κ3) is 8.18. The van der Waals surface area contributed by atoms with E-state index in [-0.39, 0.29) is 29.6 Å². The molecule has 0 aliphatic heterocycles. The van der Waals surface area contributed by atoms with E-state index in [1.165, 1.54) is 16.8 Å². The second-order valence-corrected chi connectivity index (χ2v) is 10.0. The Kier molecular flexibility index (Phi) is 9.10. The molecule has 0 fully saturated rings. The first-order valence-electron chi connectivity index (χ1n) is 11.1. The van der Waals surface area contributed by atoms with Gasteiger partial charge < -0.3 is 15.7 Å². The summed E-state index contributed by atoms with van der Waals surface area (Å²) in [5.74, 6) is -0.282. The number of urea groups is 1. The number of benzene rings is 2. The number of aromatic nitrogens is 2. The van der Waals surface area contributed by atoms with Gasteiger partial charge in [0.25, 0.3) is 10.2 Å². The molecule has 3 aromatic rings. The van der Waals surface area contributed by atoms with Gasteiger partial charge in [-0.1, -0.05) is 54.1 Å². The molecule has 12 nitrogen and oxygen atoms in total. The van der Waals surface area contributed by atoms with Crippen LogP contribution in [0.2, 0.25) is 5.02 Å². The van der Waals surface area contributed by atoms with Gasteiger partial charge in [0.1, 0.15) is 16.8 Å². The summed E-state index contributed by atoms with van der Waals surface area (Å²) >= 11 is 6.22. The summed E-state index contributed by atoms with van der Waals surface area (Å²) in [7, 11) is -2.41. The number of nitrogens with two attached hydrogens (primary N) is 1. The van der Waals surface area contributed by atoms with Crippen molar-refractivity contribution in [3.63, 3.8) is 0 Å². The lowest BCUT2D eigenvalue weighted by Gasteiger charge is -2.24. The van der Waals surface area contributed by atoms with Crippen LogP contribution in [0.15, 0.2) is 54.6 Å². The number of anilines is 1. The normalized spacial score (nSPS) is 13.0. The van der Waals surface area contributed by atoms with Crippen molar-refractivity contribution in [2.45, 2.75) is 25.4 Å². The minimum Gasteiger partial charge on any atom is -0.508 e. The number of carbonyl (C=O) groups is 2. The first-order chi connectivity index (χ1) is 17.4. The lowest BCUT2D eigenvalue weighted by Crippen LogP contribution is -2.51. The van der Waals surface area contributed by atoms with E-state index in [0.29, 0.717) is 16.8 Å². The molecule has 7 N–H and O–H groups in total. The van der Waals surface area contributed by atoms with Crippen LogP contribution in [0, 0.1) is 6.92 Å².